The van der Waals surface area contributed by atoms with E-state index in [1.165, 1.54) is 0 Å². The number of aromatic hydroxyl groups is 1. The van der Waals surface area contributed by atoms with Crippen molar-refractivity contribution in [1.82, 2.24) is 0 Å². The second-order valence-electron chi connectivity index (χ2n) is 4.56. The minimum Gasteiger partial charge on any atom is -0.508 e. The molecule has 1 unspecified atom stereocenters. The zero-order valence-corrected chi connectivity index (χ0v) is 9.12. The van der Waals surface area contributed by atoms with Crippen LogP contribution in [0.5, 0.6) is 5.75 Å². The zero-order valence-electron chi connectivity index (χ0n) is 9.12. The third kappa shape index (κ3) is 2.74. The van der Waals surface area contributed by atoms with Gasteiger partial charge in [0.2, 0.25) is 0 Å². The van der Waals surface area contributed by atoms with Crippen LogP contribution in [0.4, 0.5) is 0 Å². The van der Waals surface area contributed by atoms with Crippen LogP contribution in [-0.4, -0.2) is 5.11 Å². The third-order valence-electron chi connectivity index (χ3n) is 2.36. The van der Waals surface area contributed by atoms with Gasteiger partial charge in [-0.1, -0.05) is 26.0 Å². The summed E-state index contributed by atoms with van der Waals surface area (Å²) in [6.07, 6.45) is 0.942. The number of hydrogen-bond donors (Lipinski definition) is 2. The summed E-state index contributed by atoms with van der Waals surface area (Å²) < 4.78 is 0. The van der Waals surface area contributed by atoms with E-state index in [1.54, 1.807) is 12.1 Å². The lowest BCUT2D eigenvalue weighted by Crippen LogP contribution is -2.34. The molecule has 1 rings (SSSR count). The second kappa shape index (κ2) is 4.01. The van der Waals surface area contributed by atoms with Gasteiger partial charge in [0.15, 0.2) is 0 Å². The molecular formula is C12H19NO. The topological polar surface area (TPSA) is 46.2 Å². The number of hydrogen-bond acceptors (Lipinski definition) is 2. The van der Waals surface area contributed by atoms with E-state index in [0.717, 1.165) is 12.0 Å². The molecule has 0 fully saturated rings. The van der Waals surface area contributed by atoms with Crippen molar-refractivity contribution in [2.24, 2.45) is 11.7 Å². The van der Waals surface area contributed by atoms with Crippen molar-refractivity contribution < 1.29 is 5.11 Å². The number of rotatable bonds is 3. The van der Waals surface area contributed by atoms with Crippen molar-refractivity contribution in [2.45, 2.75) is 32.7 Å². The Morgan fingerprint density at radius 1 is 1.29 bits per heavy atom. The van der Waals surface area contributed by atoms with Crippen LogP contribution in [0.25, 0.3) is 0 Å². The van der Waals surface area contributed by atoms with Gasteiger partial charge >= 0.3 is 0 Å². The lowest BCUT2D eigenvalue weighted by atomic mass is 9.85. The fraction of sp³-hybridized carbons (Fsp3) is 0.500. The maximum atomic E-state index is 9.16. The molecule has 0 aliphatic rings. The summed E-state index contributed by atoms with van der Waals surface area (Å²) >= 11 is 0. The average Bonchev–Trinajstić information content (AvgIpc) is 2.02. The van der Waals surface area contributed by atoms with Crippen molar-refractivity contribution in [3.05, 3.63) is 29.8 Å². The highest BCUT2D eigenvalue weighted by Gasteiger charge is 2.21. The van der Waals surface area contributed by atoms with Crippen LogP contribution < -0.4 is 5.73 Å². The van der Waals surface area contributed by atoms with Gasteiger partial charge in [-0.25, -0.2) is 0 Å². The fourth-order valence-electron chi connectivity index (χ4n) is 1.81. The van der Waals surface area contributed by atoms with E-state index < -0.39 is 0 Å². The van der Waals surface area contributed by atoms with Crippen LogP contribution in [0.2, 0.25) is 0 Å². The van der Waals surface area contributed by atoms with Crippen LogP contribution in [0.15, 0.2) is 24.3 Å². The monoisotopic (exact) mass is 193 g/mol. The highest BCUT2D eigenvalue weighted by Crippen LogP contribution is 2.26. The Morgan fingerprint density at radius 2 is 1.79 bits per heavy atom. The van der Waals surface area contributed by atoms with Gasteiger partial charge in [-0.05, 0) is 37.0 Å². The molecule has 14 heavy (non-hydrogen) atoms. The van der Waals surface area contributed by atoms with E-state index in [0.29, 0.717) is 5.92 Å². The second-order valence-corrected chi connectivity index (χ2v) is 4.56. The largest absolute Gasteiger partial charge is 0.508 e. The Hall–Kier alpha value is -1.02. The first-order chi connectivity index (χ1) is 6.42. The molecule has 0 saturated carbocycles. The zero-order chi connectivity index (χ0) is 10.8. The van der Waals surface area contributed by atoms with Crippen LogP contribution in [0, 0.1) is 5.92 Å². The van der Waals surface area contributed by atoms with Crippen molar-refractivity contribution in [1.29, 1.82) is 0 Å². The quantitative estimate of drug-likeness (QED) is 0.775. The highest BCUT2D eigenvalue weighted by molar-refractivity contribution is 5.30. The lowest BCUT2D eigenvalue weighted by Gasteiger charge is -2.27. The van der Waals surface area contributed by atoms with Gasteiger partial charge in [-0.3, -0.25) is 0 Å². The van der Waals surface area contributed by atoms with Gasteiger partial charge < -0.3 is 10.8 Å². The van der Waals surface area contributed by atoms with E-state index in [4.69, 9.17) is 10.8 Å². The molecule has 0 aliphatic carbocycles. The molecule has 0 radical (unpaired) electrons. The van der Waals surface area contributed by atoms with Crippen molar-refractivity contribution in [3.63, 3.8) is 0 Å². The molecule has 1 atom stereocenters. The summed E-state index contributed by atoms with van der Waals surface area (Å²) in [6, 6.07) is 7.14. The number of benzene rings is 1. The molecule has 2 nitrogen and oxygen atoms in total. The average molecular weight is 193 g/mol. The molecule has 0 aromatic heterocycles. The number of phenols is 1. The smallest absolute Gasteiger partial charge is 0.115 e. The standard InChI is InChI=1S/C12H19NO/c1-9(2)8-12(3,13)10-4-6-11(14)7-5-10/h4-7,9,14H,8,13H2,1-3H3. The molecular weight excluding hydrogens is 174 g/mol. The van der Waals surface area contributed by atoms with E-state index in [-0.39, 0.29) is 11.3 Å². The first kappa shape index (κ1) is 11.1. The molecule has 1 aromatic rings. The van der Waals surface area contributed by atoms with E-state index in [2.05, 4.69) is 13.8 Å². The fourth-order valence-corrected chi connectivity index (χ4v) is 1.81. The molecule has 0 amide bonds. The number of nitrogens with two attached hydrogens (primary N) is 1. The Morgan fingerprint density at radius 3 is 2.21 bits per heavy atom. The number of phenolic OH excluding ortho intramolecular Hbond substituents is 1. The first-order valence-corrected chi connectivity index (χ1v) is 5.00. The molecule has 3 N–H and O–H groups in total. The molecule has 1 aromatic carbocycles. The minimum atomic E-state index is -0.304. The van der Waals surface area contributed by atoms with Gasteiger partial charge in [0.05, 0.1) is 0 Å². The van der Waals surface area contributed by atoms with Crippen molar-refractivity contribution in [3.8, 4) is 5.75 Å². The van der Waals surface area contributed by atoms with Gasteiger partial charge in [-0.2, -0.15) is 0 Å². The molecule has 0 spiro atoms. The Kier molecular flexibility index (Phi) is 3.17. The van der Waals surface area contributed by atoms with Gasteiger partial charge in [0.1, 0.15) is 5.75 Å². The molecule has 78 valence electrons. The maximum Gasteiger partial charge on any atom is 0.115 e. The summed E-state index contributed by atoms with van der Waals surface area (Å²) in [4.78, 5) is 0. The summed E-state index contributed by atoms with van der Waals surface area (Å²) in [5, 5.41) is 9.16. The SMILES string of the molecule is CC(C)CC(C)(N)c1ccc(O)cc1. The van der Waals surface area contributed by atoms with Gasteiger partial charge in [-0.15, -0.1) is 0 Å². The van der Waals surface area contributed by atoms with E-state index >= 15 is 0 Å². The summed E-state index contributed by atoms with van der Waals surface area (Å²) in [7, 11) is 0. The van der Waals surface area contributed by atoms with E-state index in [1.807, 2.05) is 19.1 Å². The van der Waals surface area contributed by atoms with Crippen LogP contribution in [0.1, 0.15) is 32.8 Å². The van der Waals surface area contributed by atoms with E-state index in [9.17, 15) is 0 Å². The third-order valence-corrected chi connectivity index (χ3v) is 2.36. The van der Waals surface area contributed by atoms with Crippen LogP contribution in [0.3, 0.4) is 0 Å². The Labute approximate surface area is 85.8 Å². The van der Waals surface area contributed by atoms with Crippen molar-refractivity contribution >= 4 is 0 Å². The van der Waals surface area contributed by atoms with Gasteiger partial charge in [0.25, 0.3) is 0 Å². The van der Waals surface area contributed by atoms with Crippen molar-refractivity contribution in [2.75, 3.05) is 0 Å². The molecule has 2 heteroatoms. The normalized spacial score (nSPS) is 15.5. The first-order valence-electron chi connectivity index (χ1n) is 5.00. The predicted octanol–water partition coefficient (Wildman–Crippen LogP) is 2.61. The predicted molar refractivity (Wildman–Crippen MR) is 59.1 cm³/mol. The molecule has 0 heterocycles. The maximum absolute atomic E-state index is 9.16. The van der Waals surface area contributed by atoms with Crippen LogP contribution in [-0.2, 0) is 5.54 Å². The van der Waals surface area contributed by atoms with Gasteiger partial charge in [0, 0.05) is 5.54 Å². The lowest BCUT2D eigenvalue weighted by molar-refractivity contribution is 0.380. The Balaban J connectivity index is 2.86. The summed E-state index contributed by atoms with van der Waals surface area (Å²) in [5.74, 6) is 0.855. The summed E-state index contributed by atoms with van der Waals surface area (Å²) in [5.41, 5.74) is 6.98. The molecule has 0 saturated heterocycles. The molecule has 0 aliphatic heterocycles. The Bertz CT molecular complexity index is 288. The van der Waals surface area contributed by atoms with Crippen LogP contribution >= 0.6 is 0 Å². The highest BCUT2D eigenvalue weighted by atomic mass is 16.3. The summed E-state index contributed by atoms with van der Waals surface area (Å²) in [6.45, 7) is 6.34. The minimum absolute atomic E-state index is 0.286. The molecule has 0 bridgehead atoms.